The number of hydrogen-bond donors (Lipinski definition) is 0. The van der Waals surface area contributed by atoms with Crippen molar-refractivity contribution in [1.82, 2.24) is 4.98 Å². The normalized spacial score (nSPS) is 21.0. The Morgan fingerprint density at radius 3 is 2.93 bits per heavy atom. The average molecular weight is 199 g/mol. The summed E-state index contributed by atoms with van der Waals surface area (Å²) in [6, 6.07) is 2.02. The second-order valence-electron chi connectivity index (χ2n) is 4.47. The molecule has 0 radical (unpaired) electrons. The van der Waals surface area contributed by atoms with Crippen LogP contribution in [0.4, 0.5) is 0 Å². The Labute approximate surface area is 89.7 Å². The van der Waals surface area contributed by atoms with Gasteiger partial charge >= 0.3 is 0 Å². The highest BCUT2D eigenvalue weighted by Crippen LogP contribution is 2.44. The van der Waals surface area contributed by atoms with Crippen molar-refractivity contribution in [3.63, 3.8) is 0 Å². The molecule has 0 atom stereocenters. The number of nitrogens with zero attached hydrogens (tertiary/aromatic N) is 1. The average Bonchev–Trinajstić information content (AvgIpc) is 2.25. The first-order valence-electron chi connectivity index (χ1n) is 5.46. The Morgan fingerprint density at radius 2 is 2.27 bits per heavy atom. The molecule has 0 aromatic carbocycles. The molecule has 15 heavy (non-hydrogen) atoms. The van der Waals surface area contributed by atoms with E-state index < -0.39 is 0 Å². The SMILES string of the molecule is C#Cc1cnc2c(c1)CCC1(CCC1)O2. The predicted molar refractivity (Wildman–Crippen MR) is 57.7 cm³/mol. The molecule has 2 heteroatoms. The van der Waals surface area contributed by atoms with Gasteiger partial charge in [-0.3, -0.25) is 0 Å². The van der Waals surface area contributed by atoms with Crippen molar-refractivity contribution < 1.29 is 4.74 Å². The fraction of sp³-hybridized carbons (Fsp3) is 0.462. The van der Waals surface area contributed by atoms with Crippen molar-refractivity contribution in [2.75, 3.05) is 0 Å². The molecule has 1 aliphatic carbocycles. The molecule has 2 aliphatic rings. The largest absolute Gasteiger partial charge is 0.471 e. The summed E-state index contributed by atoms with van der Waals surface area (Å²) in [7, 11) is 0. The van der Waals surface area contributed by atoms with Gasteiger partial charge in [0.2, 0.25) is 5.88 Å². The minimum Gasteiger partial charge on any atom is -0.471 e. The van der Waals surface area contributed by atoms with E-state index in [1.165, 1.54) is 24.8 Å². The number of hydrogen-bond acceptors (Lipinski definition) is 2. The molecule has 2 nitrogen and oxygen atoms in total. The van der Waals surface area contributed by atoms with Crippen LogP contribution in [-0.2, 0) is 6.42 Å². The molecule has 0 bridgehead atoms. The summed E-state index contributed by atoms with van der Waals surface area (Å²) in [5.74, 6) is 3.41. The van der Waals surface area contributed by atoms with Gasteiger partial charge in [0.1, 0.15) is 5.60 Å². The lowest BCUT2D eigenvalue weighted by molar-refractivity contribution is -0.0289. The van der Waals surface area contributed by atoms with E-state index in [0.717, 1.165) is 24.3 Å². The van der Waals surface area contributed by atoms with Crippen LogP contribution in [0, 0.1) is 12.3 Å². The van der Waals surface area contributed by atoms with Crippen molar-refractivity contribution in [2.24, 2.45) is 0 Å². The quantitative estimate of drug-likeness (QED) is 0.598. The molecular weight excluding hydrogens is 186 g/mol. The van der Waals surface area contributed by atoms with Crippen molar-refractivity contribution >= 4 is 0 Å². The van der Waals surface area contributed by atoms with Crippen LogP contribution >= 0.6 is 0 Å². The van der Waals surface area contributed by atoms with Gasteiger partial charge in [-0.05, 0) is 38.2 Å². The lowest BCUT2D eigenvalue weighted by Gasteiger charge is -2.44. The Hall–Kier alpha value is -1.49. The fourth-order valence-electron chi connectivity index (χ4n) is 2.39. The first-order valence-corrected chi connectivity index (χ1v) is 5.46. The van der Waals surface area contributed by atoms with E-state index >= 15 is 0 Å². The molecule has 76 valence electrons. The first kappa shape index (κ1) is 8.79. The molecule has 3 rings (SSSR count). The number of aryl methyl sites for hydroxylation is 1. The molecule has 1 aliphatic heterocycles. The second-order valence-corrected chi connectivity index (χ2v) is 4.47. The molecular formula is C13H13NO. The lowest BCUT2D eigenvalue weighted by atomic mass is 9.75. The number of pyridine rings is 1. The highest BCUT2D eigenvalue weighted by Gasteiger charge is 2.42. The van der Waals surface area contributed by atoms with E-state index in [9.17, 15) is 0 Å². The van der Waals surface area contributed by atoms with Gasteiger partial charge < -0.3 is 4.74 Å². The molecule has 0 N–H and O–H groups in total. The summed E-state index contributed by atoms with van der Waals surface area (Å²) in [5.41, 5.74) is 2.14. The first-order chi connectivity index (χ1) is 7.31. The summed E-state index contributed by atoms with van der Waals surface area (Å²) in [6.07, 6.45) is 12.9. The van der Waals surface area contributed by atoms with Gasteiger partial charge in [-0.25, -0.2) is 4.98 Å². The van der Waals surface area contributed by atoms with E-state index in [1.54, 1.807) is 6.20 Å². The molecule has 1 spiro atoms. The zero-order chi connectivity index (χ0) is 10.3. The van der Waals surface area contributed by atoms with Crippen LogP contribution in [0.1, 0.15) is 36.8 Å². The highest BCUT2D eigenvalue weighted by atomic mass is 16.5. The second kappa shape index (κ2) is 3.00. The Morgan fingerprint density at radius 1 is 1.40 bits per heavy atom. The number of ether oxygens (including phenoxy) is 1. The lowest BCUT2D eigenvalue weighted by Crippen LogP contribution is -2.45. The maximum Gasteiger partial charge on any atom is 0.217 e. The minimum atomic E-state index is 0.123. The molecule has 2 heterocycles. The Bertz CT molecular complexity index is 440. The summed E-state index contributed by atoms with van der Waals surface area (Å²) in [6.45, 7) is 0. The van der Waals surface area contributed by atoms with Crippen LogP contribution in [-0.4, -0.2) is 10.6 Å². The predicted octanol–water partition coefficient (Wildman–Crippen LogP) is 2.31. The van der Waals surface area contributed by atoms with Crippen molar-refractivity contribution in [2.45, 2.75) is 37.7 Å². The summed E-state index contributed by atoms with van der Waals surface area (Å²) in [4.78, 5) is 4.30. The molecule has 0 unspecified atom stereocenters. The van der Waals surface area contributed by atoms with Gasteiger partial charge in [-0.2, -0.15) is 0 Å². The smallest absolute Gasteiger partial charge is 0.217 e. The third kappa shape index (κ3) is 1.31. The van der Waals surface area contributed by atoms with Gasteiger partial charge in [0.05, 0.1) is 0 Å². The summed E-state index contributed by atoms with van der Waals surface area (Å²) in [5, 5.41) is 0. The summed E-state index contributed by atoms with van der Waals surface area (Å²) < 4.78 is 5.98. The van der Waals surface area contributed by atoms with E-state index in [2.05, 4.69) is 10.9 Å². The van der Waals surface area contributed by atoms with Crippen molar-refractivity contribution in [1.29, 1.82) is 0 Å². The van der Waals surface area contributed by atoms with Crippen LogP contribution in [0.15, 0.2) is 12.3 Å². The van der Waals surface area contributed by atoms with Crippen molar-refractivity contribution in [3.05, 3.63) is 23.4 Å². The summed E-state index contributed by atoms with van der Waals surface area (Å²) >= 11 is 0. The number of rotatable bonds is 0. The Kier molecular flexibility index (Phi) is 1.76. The van der Waals surface area contributed by atoms with Crippen molar-refractivity contribution in [3.8, 4) is 18.2 Å². The molecule has 0 amide bonds. The number of fused-ring (bicyclic) bond motifs is 1. The zero-order valence-electron chi connectivity index (χ0n) is 8.62. The third-order valence-corrected chi connectivity index (χ3v) is 3.52. The fourth-order valence-corrected chi connectivity index (χ4v) is 2.39. The van der Waals surface area contributed by atoms with Gasteiger partial charge in [-0.1, -0.05) is 5.92 Å². The topological polar surface area (TPSA) is 22.1 Å². The van der Waals surface area contributed by atoms with Gasteiger partial charge in [0.15, 0.2) is 0 Å². The molecule has 1 fully saturated rings. The van der Waals surface area contributed by atoms with Crippen LogP contribution in [0.2, 0.25) is 0 Å². The highest BCUT2D eigenvalue weighted by molar-refractivity contribution is 5.39. The van der Waals surface area contributed by atoms with E-state index in [4.69, 9.17) is 11.2 Å². The van der Waals surface area contributed by atoms with Gasteiger partial charge in [0, 0.05) is 17.3 Å². The van der Waals surface area contributed by atoms with Gasteiger partial charge in [0.25, 0.3) is 0 Å². The van der Waals surface area contributed by atoms with E-state index in [0.29, 0.717) is 0 Å². The van der Waals surface area contributed by atoms with Crippen LogP contribution in [0.3, 0.4) is 0 Å². The van der Waals surface area contributed by atoms with Crippen LogP contribution < -0.4 is 4.74 Å². The third-order valence-electron chi connectivity index (χ3n) is 3.52. The zero-order valence-corrected chi connectivity index (χ0v) is 8.62. The number of aromatic nitrogens is 1. The minimum absolute atomic E-state index is 0.123. The number of terminal acetylenes is 1. The Balaban J connectivity index is 1.94. The van der Waals surface area contributed by atoms with E-state index in [1.807, 2.05) is 6.07 Å². The molecule has 1 aromatic rings. The molecule has 0 saturated heterocycles. The monoisotopic (exact) mass is 199 g/mol. The maximum absolute atomic E-state index is 5.98. The standard InChI is InChI=1S/C13H13NO/c1-2-10-8-11-4-7-13(5-3-6-13)15-12(11)14-9-10/h1,8-9H,3-7H2. The molecule has 1 saturated carbocycles. The van der Waals surface area contributed by atoms with E-state index in [-0.39, 0.29) is 5.60 Å². The van der Waals surface area contributed by atoms with Crippen LogP contribution in [0.5, 0.6) is 5.88 Å². The molecule has 1 aromatic heterocycles. The van der Waals surface area contributed by atoms with Crippen LogP contribution in [0.25, 0.3) is 0 Å². The van der Waals surface area contributed by atoms with Gasteiger partial charge in [-0.15, -0.1) is 6.42 Å². The maximum atomic E-state index is 5.98.